The molecule has 2 aromatic heterocycles. The van der Waals surface area contributed by atoms with Crippen molar-refractivity contribution in [1.29, 1.82) is 0 Å². The van der Waals surface area contributed by atoms with Gasteiger partial charge in [-0.3, -0.25) is 9.78 Å². The smallest absolute Gasteiger partial charge is 0.272 e. The van der Waals surface area contributed by atoms with Gasteiger partial charge in [-0.1, -0.05) is 6.07 Å². The summed E-state index contributed by atoms with van der Waals surface area (Å²) in [4.78, 5) is 19.2. The zero-order chi connectivity index (χ0) is 17.2. The lowest BCUT2D eigenvalue weighted by Crippen LogP contribution is -2.37. The summed E-state index contributed by atoms with van der Waals surface area (Å²) >= 11 is 1.28. The molecule has 1 fully saturated rings. The van der Waals surface area contributed by atoms with Gasteiger partial charge in [-0.05, 0) is 37.6 Å². The van der Waals surface area contributed by atoms with E-state index in [1.165, 1.54) is 15.6 Å². The summed E-state index contributed by atoms with van der Waals surface area (Å²) in [5.74, 6) is -0.151. The maximum absolute atomic E-state index is 12.7. The van der Waals surface area contributed by atoms with Gasteiger partial charge in [0.15, 0.2) is 0 Å². The Balaban J connectivity index is 1.72. The Morgan fingerprint density at radius 2 is 1.96 bits per heavy atom. The molecular formula is C16H19N3O3S2. The molecule has 0 N–H and O–H groups in total. The number of pyridine rings is 1. The van der Waals surface area contributed by atoms with E-state index in [0.29, 0.717) is 42.5 Å². The normalized spacial score (nSPS) is 16.8. The number of thiophene rings is 1. The molecule has 24 heavy (non-hydrogen) atoms. The molecule has 3 heterocycles. The lowest BCUT2D eigenvalue weighted by Gasteiger charge is -2.21. The van der Waals surface area contributed by atoms with Crippen LogP contribution < -0.4 is 0 Å². The Morgan fingerprint density at radius 3 is 2.62 bits per heavy atom. The van der Waals surface area contributed by atoms with Crippen LogP contribution in [0, 0.1) is 6.92 Å². The molecule has 3 rings (SSSR count). The highest BCUT2D eigenvalue weighted by molar-refractivity contribution is 7.91. The molecule has 1 aliphatic rings. The molecule has 8 heteroatoms. The van der Waals surface area contributed by atoms with Gasteiger partial charge in [0.2, 0.25) is 0 Å². The van der Waals surface area contributed by atoms with Crippen LogP contribution >= 0.6 is 11.3 Å². The summed E-state index contributed by atoms with van der Waals surface area (Å²) in [6.07, 6.45) is 2.20. The van der Waals surface area contributed by atoms with E-state index in [9.17, 15) is 13.2 Å². The van der Waals surface area contributed by atoms with Gasteiger partial charge in [0.05, 0.1) is 0 Å². The summed E-state index contributed by atoms with van der Waals surface area (Å²) in [5.41, 5.74) is 0.391. The Labute approximate surface area is 145 Å². The summed E-state index contributed by atoms with van der Waals surface area (Å²) in [6, 6.07) is 8.67. The molecule has 1 amide bonds. The van der Waals surface area contributed by atoms with E-state index < -0.39 is 10.0 Å². The van der Waals surface area contributed by atoms with Crippen molar-refractivity contribution in [2.45, 2.75) is 17.6 Å². The van der Waals surface area contributed by atoms with Crippen LogP contribution in [-0.4, -0.2) is 54.7 Å². The standard InChI is InChI=1S/C16H19N3O3S2/c1-13-6-7-15(23-13)24(21,22)19-10-4-9-18(11-12-19)16(20)14-5-2-3-8-17-14/h2-3,5-8H,4,9-12H2,1H3. The van der Waals surface area contributed by atoms with Crippen LogP contribution in [0.25, 0.3) is 0 Å². The van der Waals surface area contributed by atoms with Crippen LogP contribution in [0.3, 0.4) is 0 Å². The zero-order valence-electron chi connectivity index (χ0n) is 13.4. The number of hydrogen-bond donors (Lipinski definition) is 0. The molecule has 0 atom stereocenters. The second kappa shape index (κ2) is 7.00. The first-order valence-corrected chi connectivity index (χ1v) is 10.0. The number of aryl methyl sites for hydroxylation is 1. The predicted octanol–water partition coefficient (Wildman–Crippen LogP) is 1.99. The van der Waals surface area contributed by atoms with Crippen LogP contribution in [0.1, 0.15) is 21.8 Å². The van der Waals surface area contributed by atoms with Crippen LogP contribution in [0.4, 0.5) is 0 Å². The van der Waals surface area contributed by atoms with Crippen molar-refractivity contribution in [1.82, 2.24) is 14.2 Å². The Kier molecular flexibility index (Phi) is 4.98. The minimum Gasteiger partial charge on any atom is -0.336 e. The Hall–Kier alpha value is -1.77. The van der Waals surface area contributed by atoms with E-state index in [0.717, 1.165) is 4.88 Å². The third-order valence-electron chi connectivity index (χ3n) is 3.94. The summed E-state index contributed by atoms with van der Waals surface area (Å²) in [5, 5.41) is 0. The van der Waals surface area contributed by atoms with Crippen molar-refractivity contribution in [3.63, 3.8) is 0 Å². The third-order valence-corrected chi connectivity index (χ3v) is 7.30. The van der Waals surface area contributed by atoms with Crippen LogP contribution in [0.15, 0.2) is 40.7 Å². The highest BCUT2D eigenvalue weighted by Gasteiger charge is 2.29. The summed E-state index contributed by atoms with van der Waals surface area (Å²) < 4.78 is 27.3. The van der Waals surface area contributed by atoms with E-state index in [-0.39, 0.29) is 5.91 Å². The van der Waals surface area contributed by atoms with Crippen molar-refractivity contribution in [3.05, 3.63) is 47.1 Å². The van der Waals surface area contributed by atoms with Crippen molar-refractivity contribution in [3.8, 4) is 0 Å². The van der Waals surface area contributed by atoms with E-state index in [1.54, 1.807) is 35.4 Å². The zero-order valence-corrected chi connectivity index (χ0v) is 15.0. The molecule has 6 nitrogen and oxygen atoms in total. The molecule has 1 saturated heterocycles. The third kappa shape index (κ3) is 3.50. The van der Waals surface area contributed by atoms with E-state index in [4.69, 9.17) is 0 Å². The van der Waals surface area contributed by atoms with Gasteiger partial charge in [-0.2, -0.15) is 4.31 Å². The minimum atomic E-state index is -3.48. The fourth-order valence-electron chi connectivity index (χ4n) is 2.67. The predicted molar refractivity (Wildman–Crippen MR) is 92.6 cm³/mol. The van der Waals surface area contributed by atoms with Gasteiger partial charge in [-0.15, -0.1) is 11.3 Å². The van der Waals surface area contributed by atoms with Gasteiger partial charge < -0.3 is 4.90 Å². The molecule has 1 aliphatic heterocycles. The van der Waals surface area contributed by atoms with E-state index in [2.05, 4.69) is 4.98 Å². The minimum absolute atomic E-state index is 0.151. The molecule has 0 aromatic carbocycles. The number of amides is 1. The summed E-state index contributed by atoms with van der Waals surface area (Å²) in [6.45, 7) is 3.52. The molecule has 0 spiro atoms. The Bertz CT molecular complexity index is 818. The molecule has 2 aromatic rings. The second-order valence-corrected chi connectivity index (χ2v) is 9.08. The van der Waals surface area contributed by atoms with E-state index in [1.807, 2.05) is 13.0 Å². The number of aromatic nitrogens is 1. The van der Waals surface area contributed by atoms with Gasteiger partial charge >= 0.3 is 0 Å². The topological polar surface area (TPSA) is 70.6 Å². The van der Waals surface area contributed by atoms with Gasteiger partial charge in [0.25, 0.3) is 15.9 Å². The van der Waals surface area contributed by atoms with E-state index >= 15 is 0 Å². The maximum Gasteiger partial charge on any atom is 0.272 e. The highest BCUT2D eigenvalue weighted by atomic mass is 32.2. The second-order valence-electron chi connectivity index (χ2n) is 5.63. The first-order valence-electron chi connectivity index (χ1n) is 7.75. The van der Waals surface area contributed by atoms with Crippen molar-refractivity contribution in [2.75, 3.05) is 26.2 Å². The first-order chi connectivity index (χ1) is 11.5. The van der Waals surface area contributed by atoms with Crippen LogP contribution in [0.5, 0.6) is 0 Å². The lowest BCUT2D eigenvalue weighted by molar-refractivity contribution is 0.0758. The number of nitrogens with zero attached hydrogens (tertiary/aromatic N) is 3. The van der Waals surface area contributed by atoms with Crippen molar-refractivity contribution < 1.29 is 13.2 Å². The fourth-order valence-corrected chi connectivity index (χ4v) is 5.57. The molecule has 0 saturated carbocycles. The van der Waals surface area contributed by atoms with Gasteiger partial charge in [0.1, 0.15) is 9.90 Å². The lowest BCUT2D eigenvalue weighted by atomic mass is 10.3. The number of hydrogen-bond acceptors (Lipinski definition) is 5. The molecule has 128 valence electrons. The SMILES string of the molecule is Cc1ccc(S(=O)(=O)N2CCCN(C(=O)c3ccccn3)CC2)s1. The average Bonchev–Trinajstić information content (AvgIpc) is 2.88. The van der Waals surface area contributed by atoms with Crippen molar-refractivity contribution in [2.24, 2.45) is 0 Å². The molecule has 0 aliphatic carbocycles. The molecule has 0 bridgehead atoms. The largest absolute Gasteiger partial charge is 0.336 e. The van der Waals surface area contributed by atoms with Gasteiger partial charge in [-0.25, -0.2) is 8.42 Å². The number of rotatable bonds is 3. The molecule has 0 radical (unpaired) electrons. The Morgan fingerprint density at radius 1 is 1.12 bits per heavy atom. The fraction of sp³-hybridized carbons (Fsp3) is 0.375. The maximum atomic E-state index is 12.7. The number of sulfonamides is 1. The van der Waals surface area contributed by atoms with Crippen LogP contribution in [0.2, 0.25) is 0 Å². The number of carbonyl (C=O) groups is 1. The monoisotopic (exact) mass is 365 g/mol. The number of carbonyl (C=O) groups excluding carboxylic acids is 1. The molecular weight excluding hydrogens is 346 g/mol. The van der Waals surface area contributed by atoms with Crippen molar-refractivity contribution >= 4 is 27.3 Å². The first kappa shape index (κ1) is 17.1. The highest BCUT2D eigenvalue weighted by Crippen LogP contribution is 2.25. The molecule has 0 unspecified atom stereocenters. The quantitative estimate of drug-likeness (QED) is 0.834. The summed E-state index contributed by atoms with van der Waals surface area (Å²) in [7, 11) is -3.48. The van der Waals surface area contributed by atoms with Crippen LogP contribution in [-0.2, 0) is 10.0 Å². The van der Waals surface area contributed by atoms with Gasteiger partial charge in [0, 0.05) is 37.3 Å². The average molecular weight is 365 g/mol.